The molecule has 0 aliphatic carbocycles. The largest absolute Gasteiger partial charge is 0.449 e. The second-order valence-electron chi connectivity index (χ2n) is 5.08. The third-order valence-corrected chi connectivity index (χ3v) is 3.54. The highest BCUT2D eigenvalue weighted by Gasteiger charge is 2.22. The molecular weight excluding hydrogens is 374 g/mol. The molecule has 0 aromatic heterocycles. The van der Waals surface area contributed by atoms with Gasteiger partial charge in [-0.2, -0.15) is 0 Å². The lowest BCUT2D eigenvalue weighted by molar-refractivity contribution is -0.384. The molecule has 26 heavy (non-hydrogen) atoms. The number of hydrogen-bond donors (Lipinski definition) is 1. The van der Waals surface area contributed by atoms with Crippen molar-refractivity contribution >= 4 is 34.9 Å². The molecule has 0 aliphatic rings. The van der Waals surface area contributed by atoms with E-state index in [-0.39, 0.29) is 16.3 Å². The molecule has 1 unspecified atom stereocenters. The van der Waals surface area contributed by atoms with E-state index in [4.69, 9.17) is 16.3 Å². The van der Waals surface area contributed by atoms with E-state index in [9.17, 15) is 28.5 Å². The molecule has 0 saturated carbocycles. The fourth-order valence-electron chi connectivity index (χ4n) is 1.89. The summed E-state index contributed by atoms with van der Waals surface area (Å²) in [6.45, 7) is 1.22. The number of carbonyl (C=O) groups excluding carboxylic acids is 2. The van der Waals surface area contributed by atoms with Crippen LogP contribution in [0, 0.1) is 21.7 Å². The van der Waals surface area contributed by atoms with Gasteiger partial charge in [-0.3, -0.25) is 14.9 Å². The average Bonchev–Trinajstić information content (AvgIpc) is 2.57. The standard InChI is InChI=1S/C16H11ClF2N2O5/c1-8(15(22)20-13-5-3-10(18)7-12(13)19)26-16(23)9-2-4-11(17)14(6-9)21(24)25/h2-8H,1H3,(H,20,22). The molecule has 0 spiro atoms. The zero-order valence-electron chi connectivity index (χ0n) is 13.2. The number of esters is 1. The molecule has 10 heteroatoms. The van der Waals surface area contributed by atoms with Gasteiger partial charge in [-0.25, -0.2) is 13.6 Å². The number of nitrogens with one attached hydrogen (secondary N) is 1. The fourth-order valence-corrected chi connectivity index (χ4v) is 2.07. The number of halogens is 3. The van der Waals surface area contributed by atoms with Gasteiger partial charge >= 0.3 is 5.97 Å². The molecule has 1 amide bonds. The number of nitro benzene ring substituents is 1. The van der Waals surface area contributed by atoms with E-state index in [2.05, 4.69) is 5.32 Å². The third kappa shape index (κ3) is 4.51. The number of hydrogen-bond acceptors (Lipinski definition) is 5. The summed E-state index contributed by atoms with van der Waals surface area (Å²) < 4.78 is 31.3. The van der Waals surface area contributed by atoms with Crippen LogP contribution in [0.15, 0.2) is 36.4 Å². The van der Waals surface area contributed by atoms with Crippen LogP contribution in [-0.2, 0) is 9.53 Å². The number of rotatable bonds is 5. The number of carbonyl (C=O) groups is 2. The van der Waals surface area contributed by atoms with E-state index in [1.807, 2.05) is 0 Å². The molecule has 2 rings (SSSR count). The smallest absolute Gasteiger partial charge is 0.339 e. The fraction of sp³-hybridized carbons (Fsp3) is 0.125. The Morgan fingerprint density at radius 3 is 2.54 bits per heavy atom. The minimum atomic E-state index is -1.35. The van der Waals surface area contributed by atoms with Crippen molar-refractivity contribution in [3.05, 3.63) is 68.7 Å². The molecule has 1 N–H and O–H groups in total. The first kappa shape index (κ1) is 19.3. The lowest BCUT2D eigenvalue weighted by Gasteiger charge is -2.14. The molecule has 0 radical (unpaired) electrons. The van der Waals surface area contributed by atoms with Crippen molar-refractivity contribution in [1.82, 2.24) is 0 Å². The van der Waals surface area contributed by atoms with Crippen LogP contribution in [0.4, 0.5) is 20.2 Å². The summed E-state index contributed by atoms with van der Waals surface area (Å²) in [6.07, 6.45) is -1.35. The SMILES string of the molecule is CC(OC(=O)c1ccc(Cl)c([N+](=O)[O-])c1)C(=O)Nc1ccc(F)cc1F. The number of anilines is 1. The molecule has 2 aromatic rings. The van der Waals surface area contributed by atoms with Gasteiger partial charge < -0.3 is 10.1 Å². The lowest BCUT2D eigenvalue weighted by Crippen LogP contribution is -2.30. The monoisotopic (exact) mass is 384 g/mol. The summed E-state index contributed by atoms with van der Waals surface area (Å²) in [4.78, 5) is 34.0. The van der Waals surface area contributed by atoms with Gasteiger partial charge in [0.1, 0.15) is 16.7 Å². The van der Waals surface area contributed by atoms with E-state index in [1.54, 1.807) is 0 Å². The van der Waals surface area contributed by atoms with Crippen molar-refractivity contribution in [2.75, 3.05) is 5.32 Å². The Morgan fingerprint density at radius 2 is 1.92 bits per heavy atom. The van der Waals surface area contributed by atoms with Crippen molar-refractivity contribution < 1.29 is 28.0 Å². The van der Waals surface area contributed by atoms with Crippen LogP contribution in [0.25, 0.3) is 0 Å². The van der Waals surface area contributed by atoms with E-state index < -0.39 is 40.2 Å². The van der Waals surface area contributed by atoms with Crippen LogP contribution in [0.5, 0.6) is 0 Å². The van der Waals surface area contributed by atoms with Crippen molar-refractivity contribution in [3.63, 3.8) is 0 Å². The predicted molar refractivity (Wildman–Crippen MR) is 88.0 cm³/mol. The third-order valence-electron chi connectivity index (χ3n) is 3.22. The van der Waals surface area contributed by atoms with Crippen LogP contribution in [-0.4, -0.2) is 22.9 Å². The van der Waals surface area contributed by atoms with Gasteiger partial charge in [0.15, 0.2) is 6.10 Å². The predicted octanol–water partition coefficient (Wildman–Crippen LogP) is 3.71. The van der Waals surface area contributed by atoms with Gasteiger partial charge in [0, 0.05) is 12.1 Å². The summed E-state index contributed by atoms with van der Waals surface area (Å²) in [5.74, 6) is -3.69. The maximum atomic E-state index is 13.5. The number of amides is 1. The van der Waals surface area contributed by atoms with Crippen LogP contribution < -0.4 is 5.32 Å². The molecule has 2 aromatic carbocycles. The maximum absolute atomic E-state index is 13.5. The molecule has 136 valence electrons. The van der Waals surface area contributed by atoms with Gasteiger partial charge in [-0.15, -0.1) is 0 Å². The average molecular weight is 385 g/mol. The zero-order valence-corrected chi connectivity index (χ0v) is 13.9. The molecule has 7 nitrogen and oxygen atoms in total. The first-order valence-corrected chi connectivity index (χ1v) is 7.47. The van der Waals surface area contributed by atoms with E-state index in [0.717, 1.165) is 24.3 Å². The first-order chi connectivity index (χ1) is 12.2. The van der Waals surface area contributed by atoms with Crippen LogP contribution in [0.3, 0.4) is 0 Å². The minimum Gasteiger partial charge on any atom is -0.449 e. The Hall–Kier alpha value is -3.07. The molecule has 0 bridgehead atoms. The van der Waals surface area contributed by atoms with Crippen molar-refractivity contribution in [2.45, 2.75) is 13.0 Å². The van der Waals surface area contributed by atoms with Crippen molar-refractivity contribution in [2.24, 2.45) is 0 Å². The van der Waals surface area contributed by atoms with Gasteiger partial charge in [0.05, 0.1) is 16.2 Å². The lowest BCUT2D eigenvalue weighted by atomic mass is 10.2. The van der Waals surface area contributed by atoms with Gasteiger partial charge in [0.2, 0.25) is 0 Å². The summed E-state index contributed by atoms with van der Waals surface area (Å²) in [5, 5.41) is 12.8. The number of nitro groups is 1. The topological polar surface area (TPSA) is 98.5 Å². The van der Waals surface area contributed by atoms with Crippen LogP contribution >= 0.6 is 11.6 Å². The second-order valence-corrected chi connectivity index (χ2v) is 5.49. The zero-order chi connectivity index (χ0) is 19.4. The highest BCUT2D eigenvalue weighted by Crippen LogP contribution is 2.25. The van der Waals surface area contributed by atoms with Gasteiger partial charge in [0.25, 0.3) is 11.6 Å². The van der Waals surface area contributed by atoms with Gasteiger partial charge in [-0.1, -0.05) is 11.6 Å². The van der Waals surface area contributed by atoms with Crippen LogP contribution in [0.2, 0.25) is 5.02 Å². The molecule has 1 atom stereocenters. The van der Waals surface area contributed by atoms with Crippen molar-refractivity contribution in [3.8, 4) is 0 Å². The Labute approximate surface area is 150 Å². The van der Waals surface area contributed by atoms with E-state index >= 15 is 0 Å². The summed E-state index contributed by atoms with van der Waals surface area (Å²) in [6, 6.07) is 5.80. The highest BCUT2D eigenvalue weighted by atomic mass is 35.5. The highest BCUT2D eigenvalue weighted by molar-refractivity contribution is 6.32. The molecule has 0 saturated heterocycles. The Balaban J connectivity index is 2.07. The van der Waals surface area contributed by atoms with E-state index in [0.29, 0.717) is 6.07 Å². The van der Waals surface area contributed by atoms with E-state index in [1.165, 1.54) is 13.0 Å². The Bertz CT molecular complexity index is 891. The second kappa shape index (κ2) is 7.87. The first-order valence-electron chi connectivity index (χ1n) is 7.10. The molecule has 0 heterocycles. The van der Waals surface area contributed by atoms with Crippen molar-refractivity contribution in [1.29, 1.82) is 0 Å². The number of benzene rings is 2. The molecule has 0 fully saturated rings. The normalized spacial score (nSPS) is 11.5. The molecule has 0 aliphatic heterocycles. The number of ether oxygens (including phenoxy) is 1. The van der Waals surface area contributed by atoms with Gasteiger partial charge in [-0.05, 0) is 31.2 Å². The quantitative estimate of drug-likeness (QED) is 0.481. The maximum Gasteiger partial charge on any atom is 0.339 e. The minimum absolute atomic E-state index is 0.163. The summed E-state index contributed by atoms with van der Waals surface area (Å²) in [5.41, 5.74) is -0.971. The number of nitrogens with zero attached hydrogens (tertiary/aromatic N) is 1. The summed E-state index contributed by atoms with van der Waals surface area (Å²) >= 11 is 5.65. The Morgan fingerprint density at radius 1 is 1.23 bits per heavy atom. The molecular formula is C16H11ClF2N2O5. The Kier molecular flexibility index (Phi) is 5.83. The summed E-state index contributed by atoms with van der Waals surface area (Å²) in [7, 11) is 0. The van der Waals surface area contributed by atoms with Crippen LogP contribution in [0.1, 0.15) is 17.3 Å².